The maximum atomic E-state index is 13.4. The largest absolute Gasteiger partial charge is 0.496 e. The summed E-state index contributed by atoms with van der Waals surface area (Å²) >= 11 is 3.05. The summed E-state index contributed by atoms with van der Waals surface area (Å²) in [6.45, 7) is 1.88. The van der Waals surface area contributed by atoms with Crippen molar-refractivity contribution in [3.8, 4) is 5.75 Å². The lowest BCUT2D eigenvalue weighted by Crippen LogP contribution is -2.12. The van der Waals surface area contributed by atoms with Crippen LogP contribution in [0.2, 0.25) is 0 Å². The highest BCUT2D eigenvalue weighted by Crippen LogP contribution is 2.22. The fourth-order valence-corrected chi connectivity index (χ4v) is 2.04. The maximum Gasteiger partial charge on any atom is 0.255 e. The Balaban J connectivity index is 2.19. The van der Waals surface area contributed by atoms with Gasteiger partial charge in [-0.2, -0.15) is 0 Å². The normalized spacial score (nSPS) is 10.2. The maximum absolute atomic E-state index is 13.4. The summed E-state index contributed by atoms with van der Waals surface area (Å²) in [7, 11) is 1.59. The van der Waals surface area contributed by atoms with E-state index in [4.69, 9.17) is 4.74 Å². The third kappa shape index (κ3) is 3.17. The molecule has 2 aromatic rings. The average molecular weight is 338 g/mol. The first-order valence-electron chi connectivity index (χ1n) is 5.92. The van der Waals surface area contributed by atoms with E-state index in [0.29, 0.717) is 10.2 Å². The van der Waals surface area contributed by atoms with Gasteiger partial charge in [0.2, 0.25) is 0 Å². The average Bonchev–Trinajstić information content (AvgIpc) is 2.42. The summed E-state index contributed by atoms with van der Waals surface area (Å²) in [4.78, 5) is 12.0. The first-order chi connectivity index (χ1) is 9.51. The molecule has 0 unspecified atom stereocenters. The number of rotatable bonds is 3. The molecule has 0 spiro atoms. The Bertz CT molecular complexity index is 658. The highest BCUT2D eigenvalue weighted by atomic mass is 79.9. The van der Waals surface area contributed by atoms with Gasteiger partial charge < -0.3 is 10.1 Å². The predicted octanol–water partition coefficient (Wildman–Crippen LogP) is 4.16. The number of halogens is 2. The molecule has 1 N–H and O–H groups in total. The molecule has 104 valence electrons. The van der Waals surface area contributed by atoms with E-state index >= 15 is 0 Å². The van der Waals surface area contributed by atoms with Crippen molar-refractivity contribution in [3.63, 3.8) is 0 Å². The highest BCUT2D eigenvalue weighted by Gasteiger charge is 2.09. The quantitative estimate of drug-likeness (QED) is 0.913. The molecular formula is C15H13BrFNO2. The van der Waals surface area contributed by atoms with Gasteiger partial charge in [-0.25, -0.2) is 4.39 Å². The number of carbonyl (C=O) groups is 1. The minimum atomic E-state index is -0.469. The van der Waals surface area contributed by atoms with Gasteiger partial charge >= 0.3 is 0 Å². The van der Waals surface area contributed by atoms with Crippen LogP contribution < -0.4 is 10.1 Å². The van der Waals surface area contributed by atoms with Crippen LogP contribution in [0.15, 0.2) is 40.9 Å². The molecular weight excluding hydrogens is 325 g/mol. The third-order valence-corrected chi connectivity index (χ3v) is 3.48. The Hall–Kier alpha value is -1.88. The fraction of sp³-hybridized carbons (Fsp3) is 0.133. The number of hydrogen-bond acceptors (Lipinski definition) is 2. The second kappa shape index (κ2) is 6.05. The summed E-state index contributed by atoms with van der Waals surface area (Å²) in [6, 6.07) is 9.55. The van der Waals surface area contributed by atoms with E-state index in [2.05, 4.69) is 21.2 Å². The summed E-state index contributed by atoms with van der Waals surface area (Å²) in [5.74, 6) is -0.0813. The zero-order valence-corrected chi connectivity index (χ0v) is 12.6. The second-order valence-corrected chi connectivity index (χ2v) is 5.12. The van der Waals surface area contributed by atoms with Crippen molar-refractivity contribution in [2.24, 2.45) is 0 Å². The van der Waals surface area contributed by atoms with Crippen LogP contribution in [0.5, 0.6) is 5.75 Å². The van der Waals surface area contributed by atoms with Crippen molar-refractivity contribution in [1.82, 2.24) is 0 Å². The van der Waals surface area contributed by atoms with Gasteiger partial charge in [-0.1, -0.05) is 0 Å². The molecule has 0 aliphatic rings. The van der Waals surface area contributed by atoms with E-state index in [1.165, 1.54) is 12.1 Å². The Morgan fingerprint density at radius 3 is 2.60 bits per heavy atom. The van der Waals surface area contributed by atoms with Gasteiger partial charge in [-0.05, 0) is 64.8 Å². The number of carbonyl (C=O) groups excluding carboxylic acids is 1. The second-order valence-electron chi connectivity index (χ2n) is 4.27. The van der Waals surface area contributed by atoms with Crippen LogP contribution in [0.4, 0.5) is 10.1 Å². The van der Waals surface area contributed by atoms with Gasteiger partial charge in [-0.3, -0.25) is 4.79 Å². The molecule has 0 aliphatic carbocycles. The van der Waals surface area contributed by atoms with Gasteiger partial charge in [0.25, 0.3) is 5.91 Å². The zero-order chi connectivity index (χ0) is 14.7. The van der Waals surface area contributed by atoms with E-state index in [1.54, 1.807) is 31.4 Å². The Labute approximate surface area is 124 Å². The fourth-order valence-electron chi connectivity index (χ4n) is 1.80. The topological polar surface area (TPSA) is 38.3 Å². The van der Waals surface area contributed by atoms with Crippen LogP contribution in [-0.2, 0) is 0 Å². The van der Waals surface area contributed by atoms with E-state index in [1.807, 2.05) is 6.92 Å². The van der Waals surface area contributed by atoms with E-state index < -0.39 is 5.82 Å². The van der Waals surface area contributed by atoms with Crippen LogP contribution in [0.3, 0.4) is 0 Å². The van der Waals surface area contributed by atoms with Crippen molar-refractivity contribution < 1.29 is 13.9 Å². The monoisotopic (exact) mass is 337 g/mol. The lowest BCUT2D eigenvalue weighted by Gasteiger charge is -2.09. The molecule has 20 heavy (non-hydrogen) atoms. The standard InChI is InChI=1S/C15H13BrFNO2/c1-9-7-11(4-6-14(9)20-2)18-15(19)10-3-5-12(16)13(17)8-10/h3-8H,1-2H3,(H,18,19). The summed E-state index contributed by atoms with van der Waals surface area (Å²) in [5, 5.41) is 2.72. The first kappa shape index (κ1) is 14.5. The SMILES string of the molecule is COc1ccc(NC(=O)c2ccc(Br)c(F)c2)cc1C. The van der Waals surface area contributed by atoms with Gasteiger partial charge in [0.15, 0.2) is 0 Å². The number of amides is 1. The minimum absolute atomic E-state index is 0.263. The molecule has 0 saturated heterocycles. The van der Waals surface area contributed by atoms with E-state index in [9.17, 15) is 9.18 Å². The Morgan fingerprint density at radius 2 is 2.00 bits per heavy atom. The van der Waals surface area contributed by atoms with E-state index in [0.717, 1.165) is 11.3 Å². The number of methoxy groups -OCH3 is 1. The van der Waals surface area contributed by atoms with Crippen molar-refractivity contribution in [2.75, 3.05) is 12.4 Å². The molecule has 5 heteroatoms. The van der Waals surface area contributed by atoms with Gasteiger partial charge in [0, 0.05) is 11.3 Å². The van der Waals surface area contributed by atoms with Crippen molar-refractivity contribution in [3.05, 3.63) is 57.8 Å². The molecule has 3 nitrogen and oxygen atoms in total. The molecule has 2 rings (SSSR count). The van der Waals surface area contributed by atoms with E-state index in [-0.39, 0.29) is 11.5 Å². The predicted molar refractivity (Wildman–Crippen MR) is 79.8 cm³/mol. The van der Waals surface area contributed by atoms with Gasteiger partial charge in [0.1, 0.15) is 11.6 Å². The number of ether oxygens (including phenoxy) is 1. The van der Waals surface area contributed by atoms with Crippen LogP contribution in [0, 0.1) is 12.7 Å². The number of hydrogen-bond donors (Lipinski definition) is 1. The van der Waals surface area contributed by atoms with Crippen LogP contribution in [0.1, 0.15) is 15.9 Å². The van der Waals surface area contributed by atoms with Crippen LogP contribution >= 0.6 is 15.9 Å². The van der Waals surface area contributed by atoms with Crippen molar-refractivity contribution in [2.45, 2.75) is 6.92 Å². The first-order valence-corrected chi connectivity index (χ1v) is 6.71. The summed E-state index contributed by atoms with van der Waals surface area (Å²) in [5.41, 5.74) is 1.81. The number of aryl methyl sites for hydroxylation is 1. The molecule has 0 heterocycles. The van der Waals surface area contributed by atoms with Crippen LogP contribution in [-0.4, -0.2) is 13.0 Å². The number of benzene rings is 2. The number of anilines is 1. The lowest BCUT2D eigenvalue weighted by molar-refractivity contribution is 0.102. The summed E-state index contributed by atoms with van der Waals surface area (Å²) < 4.78 is 18.9. The van der Waals surface area contributed by atoms with Crippen molar-refractivity contribution >= 4 is 27.5 Å². The molecule has 0 aromatic heterocycles. The van der Waals surface area contributed by atoms with Gasteiger partial charge in [-0.15, -0.1) is 0 Å². The van der Waals surface area contributed by atoms with Gasteiger partial charge in [0.05, 0.1) is 11.6 Å². The molecule has 0 atom stereocenters. The zero-order valence-electron chi connectivity index (χ0n) is 11.0. The molecule has 0 saturated carbocycles. The third-order valence-electron chi connectivity index (χ3n) is 2.83. The molecule has 0 bridgehead atoms. The van der Waals surface area contributed by atoms with Crippen LogP contribution in [0.25, 0.3) is 0 Å². The molecule has 0 fully saturated rings. The lowest BCUT2D eigenvalue weighted by atomic mass is 10.1. The molecule has 0 radical (unpaired) electrons. The van der Waals surface area contributed by atoms with Crippen molar-refractivity contribution in [1.29, 1.82) is 0 Å². The Morgan fingerprint density at radius 1 is 1.25 bits per heavy atom. The minimum Gasteiger partial charge on any atom is -0.496 e. The smallest absolute Gasteiger partial charge is 0.255 e. The number of nitrogens with one attached hydrogen (secondary N) is 1. The molecule has 0 aliphatic heterocycles. The highest BCUT2D eigenvalue weighted by molar-refractivity contribution is 9.10. The molecule has 1 amide bonds. The summed E-state index contributed by atoms with van der Waals surface area (Å²) in [6.07, 6.45) is 0. The molecule has 2 aromatic carbocycles. The Kier molecular flexibility index (Phi) is 4.39.